The summed E-state index contributed by atoms with van der Waals surface area (Å²) in [7, 11) is 0. The van der Waals surface area contributed by atoms with Gasteiger partial charge in [-0.15, -0.1) is 0 Å². The maximum atomic E-state index is 9.17. The lowest BCUT2D eigenvalue weighted by Crippen LogP contribution is -2.22. The Morgan fingerprint density at radius 3 is 2.00 bits per heavy atom. The Hall–Kier alpha value is -1.26. The van der Waals surface area contributed by atoms with Gasteiger partial charge < -0.3 is 21.1 Å². The molecule has 4 heteroatoms. The molecule has 0 aliphatic rings. The van der Waals surface area contributed by atoms with E-state index in [1.54, 1.807) is 6.92 Å². The van der Waals surface area contributed by atoms with E-state index >= 15 is 0 Å². The third-order valence-corrected chi connectivity index (χ3v) is 1.83. The molecule has 0 aliphatic carbocycles. The highest BCUT2D eigenvalue weighted by molar-refractivity contribution is 5.38. The molecule has 4 nitrogen and oxygen atoms in total. The highest BCUT2D eigenvalue weighted by atomic mass is 16.3. The molecule has 5 N–H and O–H groups in total. The summed E-state index contributed by atoms with van der Waals surface area (Å²) in [6.45, 7) is 1.55. The van der Waals surface area contributed by atoms with Gasteiger partial charge in [0.25, 0.3) is 0 Å². The van der Waals surface area contributed by atoms with Crippen LogP contribution in [0.3, 0.4) is 0 Å². The molecule has 0 saturated carbocycles. The van der Waals surface area contributed by atoms with E-state index in [0.717, 1.165) is 0 Å². The summed E-state index contributed by atoms with van der Waals surface area (Å²) in [5, 5.41) is 27.4. The Morgan fingerprint density at radius 2 is 1.62 bits per heavy atom. The number of rotatable bonds is 2. The van der Waals surface area contributed by atoms with Gasteiger partial charge >= 0.3 is 0 Å². The molecule has 0 aromatic heterocycles. The van der Waals surface area contributed by atoms with Gasteiger partial charge in [-0.2, -0.15) is 0 Å². The number of hydrogen-bond donors (Lipinski definition) is 4. The van der Waals surface area contributed by atoms with Gasteiger partial charge in [-0.05, 0) is 24.6 Å². The Balaban J connectivity index is 3.01. The van der Waals surface area contributed by atoms with Crippen molar-refractivity contribution in [2.24, 2.45) is 5.73 Å². The second kappa shape index (κ2) is 3.64. The molecular weight excluding hydrogens is 170 g/mol. The van der Waals surface area contributed by atoms with Crippen LogP contribution in [0.5, 0.6) is 11.5 Å². The molecule has 72 valence electrons. The lowest BCUT2D eigenvalue weighted by Gasteiger charge is -2.15. The zero-order valence-electron chi connectivity index (χ0n) is 7.31. The van der Waals surface area contributed by atoms with Crippen molar-refractivity contribution in [3.05, 3.63) is 23.8 Å². The molecule has 0 spiro atoms. The number of phenols is 2. The normalized spacial score (nSPS) is 15.3. The Kier molecular flexibility index (Phi) is 2.75. The molecule has 0 amide bonds. The number of nitrogens with two attached hydrogens (primary N) is 1. The van der Waals surface area contributed by atoms with Crippen molar-refractivity contribution in [1.29, 1.82) is 0 Å². The molecule has 1 unspecified atom stereocenters. The first-order valence-electron chi connectivity index (χ1n) is 3.97. The molecule has 13 heavy (non-hydrogen) atoms. The van der Waals surface area contributed by atoms with Crippen molar-refractivity contribution in [2.75, 3.05) is 0 Å². The van der Waals surface area contributed by atoms with Gasteiger partial charge in [0, 0.05) is 6.07 Å². The fourth-order valence-corrected chi connectivity index (χ4v) is 1.09. The molecule has 1 aromatic rings. The minimum absolute atomic E-state index is 0.0638. The molecular formula is C9H13NO3. The number of hydrogen-bond acceptors (Lipinski definition) is 4. The minimum atomic E-state index is -0.721. The average Bonchev–Trinajstić information content (AvgIpc) is 2.01. The van der Waals surface area contributed by atoms with E-state index in [9.17, 15) is 0 Å². The maximum Gasteiger partial charge on any atom is 0.119 e. The smallest absolute Gasteiger partial charge is 0.119 e. The van der Waals surface area contributed by atoms with Gasteiger partial charge in [0.2, 0.25) is 0 Å². The molecule has 1 aromatic carbocycles. The molecule has 1 rings (SSSR count). The monoisotopic (exact) mass is 183 g/mol. The first kappa shape index (κ1) is 9.83. The van der Waals surface area contributed by atoms with E-state index in [-0.39, 0.29) is 11.5 Å². The van der Waals surface area contributed by atoms with Gasteiger partial charge in [-0.1, -0.05) is 0 Å². The van der Waals surface area contributed by atoms with Gasteiger partial charge in [0.15, 0.2) is 0 Å². The van der Waals surface area contributed by atoms with Crippen LogP contribution in [0.2, 0.25) is 0 Å². The molecule has 2 atom stereocenters. The first-order valence-corrected chi connectivity index (χ1v) is 3.97. The van der Waals surface area contributed by atoms with Crippen molar-refractivity contribution in [2.45, 2.75) is 19.1 Å². The van der Waals surface area contributed by atoms with E-state index in [2.05, 4.69) is 0 Å². The van der Waals surface area contributed by atoms with Crippen molar-refractivity contribution in [3.63, 3.8) is 0 Å². The predicted octanol–water partition coefficient (Wildman–Crippen LogP) is 0.478. The Morgan fingerprint density at radius 1 is 1.15 bits per heavy atom. The zero-order chi connectivity index (χ0) is 10.0. The largest absolute Gasteiger partial charge is 0.508 e. The second-order valence-corrected chi connectivity index (χ2v) is 3.05. The lowest BCUT2D eigenvalue weighted by atomic mass is 10.0. The summed E-state index contributed by atoms with van der Waals surface area (Å²) in [5.41, 5.74) is 6.11. The van der Waals surface area contributed by atoms with E-state index in [4.69, 9.17) is 21.1 Å². The van der Waals surface area contributed by atoms with Crippen LogP contribution in [-0.4, -0.2) is 21.4 Å². The van der Waals surface area contributed by atoms with Crippen molar-refractivity contribution in [1.82, 2.24) is 0 Å². The van der Waals surface area contributed by atoms with Crippen LogP contribution in [0.15, 0.2) is 18.2 Å². The topological polar surface area (TPSA) is 86.7 Å². The average molecular weight is 183 g/mol. The van der Waals surface area contributed by atoms with E-state index < -0.39 is 12.1 Å². The van der Waals surface area contributed by atoms with Crippen molar-refractivity contribution in [3.8, 4) is 11.5 Å². The number of phenolic OH excluding ortho intramolecular Hbond substituents is 2. The highest BCUT2D eigenvalue weighted by Crippen LogP contribution is 2.25. The molecule has 0 radical (unpaired) electrons. The number of aromatic hydroxyl groups is 2. The second-order valence-electron chi connectivity index (χ2n) is 3.05. The van der Waals surface area contributed by atoms with Crippen LogP contribution < -0.4 is 5.73 Å². The standard InChI is InChI=1S/C9H13NO3/c1-5(11)9(10)6-2-7(12)4-8(13)3-6/h2-5,9,11-13H,10H2,1H3/t5?,9-/m1/s1. The highest BCUT2D eigenvalue weighted by Gasteiger charge is 2.13. The van der Waals surface area contributed by atoms with E-state index in [1.165, 1.54) is 18.2 Å². The van der Waals surface area contributed by atoms with Crippen LogP contribution >= 0.6 is 0 Å². The molecule has 0 fully saturated rings. The van der Waals surface area contributed by atoms with Crippen LogP contribution in [0.25, 0.3) is 0 Å². The Labute approximate surface area is 76.2 Å². The zero-order valence-corrected chi connectivity index (χ0v) is 7.31. The van der Waals surface area contributed by atoms with Crippen LogP contribution in [0.1, 0.15) is 18.5 Å². The Bertz CT molecular complexity index is 279. The van der Waals surface area contributed by atoms with E-state index in [0.29, 0.717) is 5.56 Å². The first-order chi connectivity index (χ1) is 6.00. The third kappa shape index (κ3) is 2.34. The maximum absolute atomic E-state index is 9.17. The summed E-state index contributed by atoms with van der Waals surface area (Å²) in [5.74, 6) is -0.128. The number of aliphatic hydroxyl groups is 1. The van der Waals surface area contributed by atoms with E-state index in [1.807, 2.05) is 0 Å². The minimum Gasteiger partial charge on any atom is -0.508 e. The third-order valence-electron chi connectivity index (χ3n) is 1.83. The number of aliphatic hydroxyl groups excluding tert-OH is 1. The molecule has 0 aliphatic heterocycles. The van der Waals surface area contributed by atoms with Crippen molar-refractivity contribution < 1.29 is 15.3 Å². The van der Waals surface area contributed by atoms with Gasteiger partial charge in [-0.25, -0.2) is 0 Å². The fourth-order valence-electron chi connectivity index (χ4n) is 1.09. The van der Waals surface area contributed by atoms with Crippen molar-refractivity contribution >= 4 is 0 Å². The summed E-state index contributed by atoms with van der Waals surface area (Å²) in [6.07, 6.45) is -0.721. The van der Waals surface area contributed by atoms with Gasteiger partial charge in [0.1, 0.15) is 11.5 Å². The lowest BCUT2D eigenvalue weighted by molar-refractivity contribution is 0.164. The summed E-state index contributed by atoms with van der Waals surface area (Å²) in [6, 6.07) is 3.44. The van der Waals surface area contributed by atoms with Crippen LogP contribution in [0, 0.1) is 0 Å². The summed E-state index contributed by atoms with van der Waals surface area (Å²) >= 11 is 0. The van der Waals surface area contributed by atoms with Crippen LogP contribution in [0.4, 0.5) is 0 Å². The number of benzene rings is 1. The fraction of sp³-hybridized carbons (Fsp3) is 0.333. The summed E-state index contributed by atoms with van der Waals surface area (Å²) in [4.78, 5) is 0. The SMILES string of the molecule is CC(O)[C@@H](N)c1cc(O)cc(O)c1. The van der Waals surface area contributed by atoms with Gasteiger partial charge in [-0.3, -0.25) is 0 Å². The van der Waals surface area contributed by atoms with Gasteiger partial charge in [0.05, 0.1) is 12.1 Å². The molecule has 0 saturated heterocycles. The van der Waals surface area contributed by atoms with Crippen LogP contribution in [-0.2, 0) is 0 Å². The molecule has 0 heterocycles. The predicted molar refractivity (Wildman–Crippen MR) is 48.4 cm³/mol. The quantitative estimate of drug-likeness (QED) is 0.537. The molecule has 0 bridgehead atoms. The summed E-state index contributed by atoms with van der Waals surface area (Å²) < 4.78 is 0.